The molecule has 2 aromatic carbocycles. The van der Waals surface area contributed by atoms with Crippen molar-refractivity contribution in [2.45, 2.75) is 27.4 Å². The van der Waals surface area contributed by atoms with E-state index in [1.54, 1.807) is 6.07 Å². The molecule has 0 amide bonds. The normalized spacial score (nSPS) is 10.6. The molecule has 1 nitrogen and oxygen atoms in total. The van der Waals surface area contributed by atoms with Crippen LogP contribution in [0.25, 0.3) is 0 Å². The summed E-state index contributed by atoms with van der Waals surface area (Å²) < 4.78 is 20.0. The predicted octanol–water partition coefficient (Wildman–Crippen LogP) is 5.09. The Morgan fingerprint density at radius 2 is 1.63 bits per heavy atom. The molecule has 0 aliphatic heterocycles. The van der Waals surface area contributed by atoms with E-state index in [-0.39, 0.29) is 5.82 Å². The van der Waals surface area contributed by atoms with Crippen molar-refractivity contribution in [2.24, 2.45) is 0 Å². The highest BCUT2D eigenvalue weighted by Gasteiger charge is 2.05. The van der Waals surface area contributed by atoms with Crippen molar-refractivity contribution in [1.29, 1.82) is 0 Å². The lowest BCUT2D eigenvalue weighted by Gasteiger charge is -2.11. The molecule has 0 spiro atoms. The molecule has 2 aromatic rings. The van der Waals surface area contributed by atoms with Crippen LogP contribution in [0, 0.1) is 26.6 Å². The molecule has 0 aromatic heterocycles. The highest BCUT2D eigenvalue weighted by Crippen LogP contribution is 2.27. The smallest absolute Gasteiger partial charge is 0.123 e. The molecule has 0 radical (unpaired) electrons. The van der Waals surface area contributed by atoms with E-state index in [2.05, 4.69) is 15.9 Å². The topological polar surface area (TPSA) is 9.23 Å². The molecule has 0 saturated carbocycles. The van der Waals surface area contributed by atoms with Crippen LogP contribution in [0.15, 0.2) is 34.8 Å². The summed E-state index contributed by atoms with van der Waals surface area (Å²) in [6, 6.07) is 8.71. The van der Waals surface area contributed by atoms with E-state index in [9.17, 15) is 4.39 Å². The van der Waals surface area contributed by atoms with Gasteiger partial charge in [-0.15, -0.1) is 0 Å². The summed E-state index contributed by atoms with van der Waals surface area (Å²) in [5.41, 5.74) is 4.17. The molecule has 0 N–H and O–H groups in total. The average molecular weight is 323 g/mol. The Balaban J connectivity index is 2.17. The molecule has 19 heavy (non-hydrogen) atoms. The van der Waals surface area contributed by atoms with E-state index in [4.69, 9.17) is 4.74 Å². The van der Waals surface area contributed by atoms with Gasteiger partial charge >= 0.3 is 0 Å². The van der Waals surface area contributed by atoms with Crippen LogP contribution in [-0.4, -0.2) is 0 Å². The number of ether oxygens (including phenoxy) is 1. The third-order valence-electron chi connectivity index (χ3n) is 3.12. The van der Waals surface area contributed by atoms with Gasteiger partial charge in [0.05, 0.1) is 0 Å². The molecule has 0 unspecified atom stereocenters. The van der Waals surface area contributed by atoms with Gasteiger partial charge in [0.15, 0.2) is 0 Å². The van der Waals surface area contributed by atoms with Crippen molar-refractivity contribution < 1.29 is 9.13 Å². The van der Waals surface area contributed by atoms with Crippen LogP contribution in [0.1, 0.15) is 22.3 Å². The van der Waals surface area contributed by atoms with Gasteiger partial charge in [-0.3, -0.25) is 0 Å². The first-order valence-corrected chi connectivity index (χ1v) is 6.91. The van der Waals surface area contributed by atoms with Gasteiger partial charge in [-0.05, 0) is 67.3 Å². The fourth-order valence-corrected chi connectivity index (χ4v) is 2.18. The molecule has 0 heterocycles. The lowest BCUT2D eigenvalue weighted by atomic mass is 10.1. The lowest BCUT2D eigenvalue weighted by Crippen LogP contribution is -1.99. The average Bonchev–Trinajstić information content (AvgIpc) is 2.37. The molecule has 0 saturated heterocycles. The Hall–Kier alpha value is -1.35. The maximum absolute atomic E-state index is 13.2. The third kappa shape index (κ3) is 3.35. The molecule has 0 bridgehead atoms. The standard InChI is InChI=1S/C16H16BrFO/c1-10-4-5-14(18)8-13(10)9-19-15-6-11(2)16(17)12(3)7-15/h4-8H,9H2,1-3H3. The minimum atomic E-state index is -0.229. The summed E-state index contributed by atoms with van der Waals surface area (Å²) in [7, 11) is 0. The van der Waals surface area contributed by atoms with Crippen LogP contribution in [0.3, 0.4) is 0 Å². The van der Waals surface area contributed by atoms with Gasteiger partial charge in [0, 0.05) is 4.47 Å². The van der Waals surface area contributed by atoms with E-state index >= 15 is 0 Å². The minimum Gasteiger partial charge on any atom is -0.489 e. The summed E-state index contributed by atoms with van der Waals surface area (Å²) in [5, 5.41) is 0. The maximum Gasteiger partial charge on any atom is 0.123 e. The first-order valence-electron chi connectivity index (χ1n) is 6.12. The number of aryl methyl sites for hydroxylation is 3. The van der Waals surface area contributed by atoms with Gasteiger partial charge in [-0.25, -0.2) is 4.39 Å². The lowest BCUT2D eigenvalue weighted by molar-refractivity contribution is 0.304. The summed E-state index contributed by atoms with van der Waals surface area (Å²) in [4.78, 5) is 0. The molecular formula is C16H16BrFO. The molecule has 0 aliphatic rings. The van der Waals surface area contributed by atoms with Gasteiger partial charge in [-0.2, -0.15) is 0 Å². The second kappa shape index (κ2) is 5.74. The number of benzene rings is 2. The van der Waals surface area contributed by atoms with E-state index in [1.165, 1.54) is 12.1 Å². The highest BCUT2D eigenvalue weighted by molar-refractivity contribution is 9.10. The number of hydrogen-bond donors (Lipinski definition) is 0. The van der Waals surface area contributed by atoms with E-state index in [1.807, 2.05) is 32.9 Å². The van der Waals surface area contributed by atoms with Crippen LogP contribution >= 0.6 is 15.9 Å². The van der Waals surface area contributed by atoms with Crippen molar-refractivity contribution in [3.8, 4) is 5.75 Å². The highest BCUT2D eigenvalue weighted by atomic mass is 79.9. The SMILES string of the molecule is Cc1ccc(F)cc1COc1cc(C)c(Br)c(C)c1. The molecule has 2 rings (SSSR count). The zero-order valence-corrected chi connectivity index (χ0v) is 12.8. The molecule has 3 heteroatoms. The Morgan fingerprint density at radius 3 is 2.26 bits per heavy atom. The van der Waals surface area contributed by atoms with Crippen LogP contribution in [-0.2, 0) is 6.61 Å². The zero-order chi connectivity index (χ0) is 14.0. The van der Waals surface area contributed by atoms with Gasteiger partial charge < -0.3 is 4.74 Å². The van der Waals surface area contributed by atoms with Crippen LogP contribution in [0.5, 0.6) is 5.75 Å². The second-order valence-electron chi connectivity index (χ2n) is 4.73. The molecule has 0 fully saturated rings. The Kier molecular flexibility index (Phi) is 4.25. The van der Waals surface area contributed by atoms with Crippen LogP contribution in [0.4, 0.5) is 4.39 Å². The van der Waals surface area contributed by atoms with E-state index < -0.39 is 0 Å². The largest absolute Gasteiger partial charge is 0.489 e. The molecule has 0 atom stereocenters. The van der Waals surface area contributed by atoms with Gasteiger partial charge in [0.1, 0.15) is 18.2 Å². The Labute approximate surface area is 121 Å². The maximum atomic E-state index is 13.2. The minimum absolute atomic E-state index is 0.229. The first-order chi connectivity index (χ1) is 8.97. The monoisotopic (exact) mass is 322 g/mol. The summed E-state index contributed by atoms with van der Waals surface area (Å²) in [5.74, 6) is 0.578. The Morgan fingerprint density at radius 1 is 1.00 bits per heavy atom. The molecular weight excluding hydrogens is 307 g/mol. The third-order valence-corrected chi connectivity index (χ3v) is 4.37. The van der Waals surface area contributed by atoms with Crippen LogP contribution < -0.4 is 4.74 Å². The van der Waals surface area contributed by atoms with E-state index in [0.29, 0.717) is 6.61 Å². The number of rotatable bonds is 3. The number of halogens is 2. The summed E-state index contributed by atoms with van der Waals surface area (Å²) in [6.45, 7) is 6.38. The van der Waals surface area contributed by atoms with Crippen molar-refractivity contribution >= 4 is 15.9 Å². The second-order valence-corrected chi connectivity index (χ2v) is 5.52. The predicted molar refractivity (Wildman–Crippen MR) is 79.1 cm³/mol. The van der Waals surface area contributed by atoms with Crippen molar-refractivity contribution in [3.05, 3.63) is 62.9 Å². The number of hydrogen-bond acceptors (Lipinski definition) is 1. The first kappa shape index (κ1) is 14.1. The quantitative estimate of drug-likeness (QED) is 0.764. The summed E-state index contributed by atoms with van der Waals surface area (Å²) in [6.07, 6.45) is 0. The van der Waals surface area contributed by atoms with Crippen LogP contribution in [0.2, 0.25) is 0 Å². The Bertz CT molecular complexity index is 585. The van der Waals surface area contributed by atoms with Gasteiger partial charge in [-0.1, -0.05) is 22.0 Å². The van der Waals surface area contributed by atoms with Crippen molar-refractivity contribution in [2.75, 3.05) is 0 Å². The van der Waals surface area contributed by atoms with E-state index in [0.717, 1.165) is 32.5 Å². The van der Waals surface area contributed by atoms with Crippen molar-refractivity contribution in [3.63, 3.8) is 0 Å². The van der Waals surface area contributed by atoms with Gasteiger partial charge in [0.25, 0.3) is 0 Å². The fraction of sp³-hybridized carbons (Fsp3) is 0.250. The molecule has 0 aliphatic carbocycles. The summed E-state index contributed by atoms with van der Waals surface area (Å²) >= 11 is 3.53. The van der Waals surface area contributed by atoms with Gasteiger partial charge in [0.2, 0.25) is 0 Å². The van der Waals surface area contributed by atoms with Crippen molar-refractivity contribution in [1.82, 2.24) is 0 Å². The zero-order valence-electron chi connectivity index (χ0n) is 11.3. The molecule has 100 valence electrons. The fourth-order valence-electron chi connectivity index (χ4n) is 1.95.